The summed E-state index contributed by atoms with van der Waals surface area (Å²) in [5, 5.41) is 0. The molecule has 0 unspecified atom stereocenters. The van der Waals surface area contributed by atoms with Crippen LogP contribution in [0.4, 0.5) is 5.69 Å². The second kappa shape index (κ2) is 6.56. The first kappa shape index (κ1) is 15.5. The van der Waals surface area contributed by atoms with Crippen LogP contribution in [0.25, 0.3) is 0 Å². The fourth-order valence-corrected chi connectivity index (χ4v) is 2.64. The lowest BCUT2D eigenvalue weighted by atomic mass is 10.1. The van der Waals surface area contributed by atoms with Crippen molar-refractivity contribution in [3.63, 3.8) is 0 Å². The van der Waals surface area contributed by atoms with Gasteiger partial charge in [0.25, 0.3) is 0 Å². The van der Waals surface area contributed by atoms with Crippen molar-refractivity contribution in [1.82, 2.24) is 0 Å². The molecular formula is C13H19NO4S. The minimum atomic E-state index is -3.51. The van der Waals surface area contributed by atoms with E-state index in [1.165, 1.54) is 7.11 Å². The predicted octanol–water partition coefficient (Wildman–Crippen LogP) is 1.58. The minimum Gasteiger partial charge on any atom is -0.468 e. The average molecular weight is 285 g/mol. The molecule has 19 heavy (non-hydrogen) atoms. The van der Waals surface area contributed by atoms with Gasteiger partial charge in [-0.2, -0.15) is 0 Å². The summed E-state index contributed by atoms with van der Waals surface area (Å²) in [5.41, 5.74) is 1.58. The summed E-state index contributed by atoms with van der Waals surface area (Å²) in [6.45, 7) is 3.25. The Morgan fingerprint density at radius 3 is 2.21 bits per heavy atom. The number of rotatable bonds is 6. The van der Waals surface area contributed by atoms with Crippen molar-refractivity contribution >= 4 is 21.7 Å². The summed E-state index contributed by atoms with van der Waals surface area (Å²) in [7, 11) is -2.27. The van der Waals surface area contributed by atoms with Gasteiger partial charge in [-0.1, -0.05) is 19.1 Å². The van der Waals surface area contributed by atoms with Gasteiger partial charge in [-0.3, -0.25) is 9.10 Å². The molecule has 0 N–H and O–H groups in total. The molecule has 0 fully saturated rings. The molecule has 0 aromatic heterocycles. The smallest absolute Gasteiger partial charge is 0.326 e. The monoisotopic (exact) mass is 285 g/mol. The number of nitrogens with zero attached hydrogens (tertiary/aromatic N) is 1. The van der Waals surface area contributed by atoms with E-state index in [2.05, 4.69) is 4.74 Å². The molecule has 1 rings (SSSR count). The average Bonchev–Trinajstić information content (AvgIpc) is 2.44. The van der Waals surface area contributed by atoms with Crippen molar-refractivity contribution in [2.75, 3.05) is 23.7 Å². The van der Waals surface area contributed by atoms with Crippen molar-refractivity contribution in [3.8, 4) is 0 Å². The van der Waals surface area contributed by atoms with Gasteiger partial charge in [-0.05, 0) is 31.0 Å². The van der Waals surface area contributed by atoms with Crippen LogP contribution in [-0.2, 0) is 26.0 Å². The number of esters is 1. The summed E-state index contributed by atoms with van der Waals surface area (Å²) >= 11 is 0. The van der Waals surface area contributed by atoms with Crippen molar-refractivity contribution in [1.29, 1.82) is 0 Å². The van der Waals surface area contributed by atoms with Crippen LogP contribution in [0.15, 0.2) is 24.3 Å². The fourth-order valence-electron chi connectivity index (χ4n) is 1.59. The lowest BCUT2D eigenvalue weighted by molar-refractivity contribution is -0.138. The van der Waals surface area contributed by atoms with Gasteiger partial charge in [-0.25, -0.2) is 8.42 Å². The first-order valence-corrected chi connectivity index (χ1v) is 7.71. The third kappa shape index (κ3) is 3.96. The maximum Gasteiger partial charge on any atom is 0.326 e. The number of sulfonamides is 1. The fraction of sp³-hybridized carbons (Fsp3) is 0.462. The summed E-state index contributed by atoms with van der Waals surface area (Å²) in [5.74, 6) is -0.656. The molecule has 0 amide bonds. The van der Waals surface area contributed by atoms with E-state index in [-0.39, 0.29) is 12.3 Å². The van der Waals surface area contributed by atoms with Gasteiger partial charge in [-0.15, -0.1) is 0 Å². The van der Waals surface area contributed by atoms with Crippen LogP contribution in [0, 0.1) is 0 Å². The first-order chi connectivity index (χ1) is 8.94. The summed E-state index contributed by atoms with van der Waals surface area (Å²) in [6.07, 6.45) is 0.873. The van der Waals surface area contributed by atoms with Crippen LogP contribution in [-0.4, -0.2) is 33.8 Å². The quantitative estimate of drug-likeness (QED) is 0.744. The van der Waals surface area contributed by atoms with Crippen LogP contribution in [0.5, 0.6) is 0 Å². The van der Waals surface area contributed by atoms with Gasteiger partial charge >= 0.3 is 5.97 Å². The zero-order valence-corrected chi connectivity index (χ0v) is 12.2. The Morgan fingerprint density at radius 1 is 1.21 bits per heavy atom. The normalized spacial score (nSPS) is 11.1. The first-order valence-electron chi connectivity index (χ1n) is 6.10. The van der Waals surface area contributed by atoms with E-state index in [9.17, 15) is 13.2 Å². The van der Waals surface area contributed by atoms with Crippen molar-refractivity contribution in [2.45, 2.75) is 20.3 Å². The number of carbonyl (C=O) groups excluding carboxylic acids is 1. The van der Waals surface area contributed by atoms with E-state index in [0.717, 1.165) is 16.3 Å². The molecule has 1 aromatic rings. The van der Waals surface area contributed by atoms with E-state index in [4.69, 9.17) is 0 Å². The highest BCUT2D eigenvalue weighted by Crippen LogP contribution is 2.19. The van der Waals surface area contributed by atoms with E-state index in [1.807, 2.05) is 19.1 Å². The van der Waals surface area contributed by atoms with Crippen LogP contribution in [0.1, 0.15) is 19.4 Å². The van der Waals surface area contributed by atoms with Gasteiger partial charge in [0.2, 0.25) is 10.0 Å². The molecule has 0 bridgehead atoms. The Bertz CT molecular complexity index is 522. The number of carbonyl (C=O) groups is 1. The van der Waals surface area contributed by atoms with Gasteiger partial charge in [0.1, 0.15) is 6.54 Å². The number of ether oxygens (including phenoxy) is 1. The molecular weight excluding hydrogens is 266 g/mol. The number of benzene rings is 1. The summed E-state index contributed by atoms with van der Waals surface area (Å²) in [6, 6.07) is 7.11. The van der Waals surface area contributed by atoms with E-state index in [1.54, 1.807) is 19.1 Å². The van der Waals surface area contributed by atoms with Gasteiger partial charge in [0.15, 0.2) is 0 Å². The summed E-state index contributed by atoms with van der Waals surface area (Å²) < 4.78 is 29.7. The zero-order chi connectivity index (χ0) is 14.5. The molecule has 0 heterocycles. The Morgan fingerprint density at radius 2 is 1.79 bits per heavy atom. The van der Waals surface area contributed by atoms with E-state index in [0.29, 0.717) is 5.69 Å². The standard InChI is InChI=1S/C13H19NO4S/c1-4-11-6-8-12(9-7-11)14(10-13(15)18-3)19(16,17)5-2/h6-9H,4-5,10H2,1-3H3. The minimum absolute atomic E-state index is 0.0699. The molecule has 106 valence electrons. The van der Waals surface area contributed by atoms with Crippen molar-refractivity contribution in [3.05, 3.63) is 29.8 Å². The van der Waals surface area contributed by atoms with Crippen LogP contribution in [0.3, 0.4) is 0 Å². The second-order valence-electron chi connectivity index (χ2n) is 4.00. The Balaban J connectivity index is 3.11. The lowest BCUT2D eigenvalue weighted by Gasteiger charge is -2.22. The highest BCUT2D eigenvalue weighted by molar-refractivity contribution is 7.92. The molecule has 0 saturated carbocycles. The van der Waals surface area contributed by atoms with Crippen LogP contribution < -0.4 is 4.31 Å². The number of anilines is 1. The molecule has 0 aliphatic rings. The number of methoxy groups -OCH3 is 1. The third-order valence-corrected chi connectivity index (χ3v) is 4.57. The molecule has 0 saturated heterocycles. The zero-order valence-electron chi connectivity index (χ0n) is 11.4. The van der Waals surface area contributed by atoms with Gasteiger partial charge in [0, 0.05) is 0 Å². The molecule has 0 radical (unpaired) electrons. The Kier molecular flexibility index (Phi) is 5.35. The van der Waals surface area contributed by atoms with Gasteiger partial charge in [0.05, 0.1) is 18.6 Å². The van der Waals surface area contributed by atoms with E-state index < -0.39 is 16.0 Å². The van der Waals surface area contributed by atoms with Gasteiger partial charge < -0.3 is 4.74 Å². The molecule has 0 aliphatic heterocycles. The largest absolute Gasteiger partial charge is 0.468 e. The van der Waals surface area contributed by atoms with E-state index >= 15 is 0 Å². The van der Waals surface area contributed by atoms with Crippen LogP contribution in [0.2, 0.25) is 0 Å². The molecule has 1 aromatic carbocycles. The lowest BCUT2D eigenvalue weighted by Crippen LogP contribution is -2.37. The molecule has 5 nitrogen and oxygen atoms in total. The van der Waals surface area contributed by atoms with Crippen molar-refractivity contribution < 1.29 is 17.9 Å². The third-order valence-electron chi connectivity index (χ3n) is 2.83. The molecule has 0 spiro atoms. The molecule has 0 aliphatic carbocycles. The number of hydrogen-bond donors (Lipinski definition) is 0. The highest BCUT2D eigenvalue weighted by atomic mass is 32.2. The number of aryl methyl sites for hydroxylation is 1. The Labute approximate surface area is 114 Å². The topological polar surface area (TPSA) is 63.7 Å². The number of hydrogen-bond acceptors (Lipinski definition) is 4. The second-order valence-corrected chi connectivity index (χ2v) is 6.19. The maximum absolute atomic E-state index is 12.0. The molecule has 0 atom stereocenters. The predicted molar refractivity (Wildman–Crippen MR) is 74.6 cm³/mol. The highest BCUT2D eigenvalue weighted by Gasteiger charge is 2.23. The Hall–Kier alpha value is -1.56. The summed E-state index contributed by atoms with van der Waals surface area (Å²) in [4.78, 5) is 11.4. The maximum atomic E-state index is 12.0. The SMILES string of the molecule is CCc1ccc(N(CC(=O)OC)S(=O)(=O)CC)cc1. The van der Waals surface area contributed by atoms with Crippen LogP contribution >= 0.6 is 0 Å². The molecule has 6 heteroatoms. The van der Waals surface area contributed by atoms with Crippen molar-refractivity contribution in [2.24, 2.45) is 0 Å².